The lowest BCUT2D eigenvalue weighted by atomic mass is 10.1. The van der Waals surface area contributed by atoms with Crippen LogP contribution in [0, 0.1) is 0 Å². The quantitative estimate of drug-likeness (QED) is 0.448. The van der Waals surface area contributed by atoms with Gasteiger partial charge in [-0.3, -0.25) is 24.5 Å². The van der Waals surface area contributed by atoms with E-state index in [0.29, 0.717) is 30.2 Å². The third-order valence-corrected chi connectivity index (χ3v) is 5.61. The van der Waals surface area contributed by atoms with Crippen LogP contribution in [0.4, 0.5) is 11.4 Å². The molecule has 162 valence electrons. The predicted octanol–water partition coefficient (Wildman–Crippen LogP) is 2.53. The maximum atomic E-state index is 13.4. The molecule has 0 radical (unpaired) electrons. The molecular formula is C21H20BrN3O6. The Balaban J connectivity index is 1.55. The summed E-state index contributed by atoms with van der Waals surface area (Å²) in [7, 11) is 0. The zero-order chi connectivity index (χ0) is 22.0. The number of halogens is 1. The van der Waals surface area contributed by atoms with Crippen LogP contribution < -0.4 is 15.7 Å². The van der Waals surface area contributed by atoms with Gasteiger partial charge in [0.1, 0.15) is 6.54 Å². The summed E-state index contributed by atoms with van der Waals surface area (Å²) in [4.78, 5) is 38.8. The second-order valence-electron chi connectivity index (χ2n) is 7.14. The van der Waals surface area contributed by atoms with E-state index >= 15 is 0 Å². The van der Waals surface area contributed by atoms with Crippen molar-refractivity contribution < 1.29 is 29.1 Å². The smallest absolute Gasteiger partial charge is 0.293 e. The minimum absolute atomic E-state index is 0.235. The lowest BCUT2D eigenvalue weighted by Crippen LogP contribution is -2.46. The first-order chi connectivity index (χ1) is 14.9. The number of carbonyl (C=O) groups excluding carboxylic acids is 3. The van der Waals surface area contributed by atoms with E-state index in [1.807, 2.05) is 0 Å². The van der Waals surface area contributed by atoms with E-state index in [4.69, 9.17) is 14.7 Å². The Morgan fingerprint density at radius 2 is 1.77 bits per heavy atom. The van der Waals surface area contributed by atoms with Crippen LogP contribution in [0.3, 0.4) is 0 Å². The number of carbonyl (C=O) groups is 3. The zero-order valence-corrected chi connectivity index (χ0v) is 18.0. The molecule has 0 atom stereocenters. The van der Waals surface area contributed by atoms with Crippen LogP contribution >= 0.6 is 15.9 Å². The number of anilines is 2. The molecule has 0 bridgehead atoms. The van der Waals surface area contributed by atoms with Crippen molar-refractivity contribution in [3.8, 4) is 0 Å². The molecule has 9 nitrogen and oxygen atoms in total. The molecule has 2 heterocycles. The SMILES string of the molecule is O=C(CN1C(=O)C2(OCCCCO2)c2cc(Br)ccc21)Nc1ccc(C(=O)NO)cc1. The summed E-state index contributed by atoms with van der Waals surface area (Å²) >= 11 is 3.43. The van der Waals surface area contributed by atoms with Crippen LogP contribution in [-0.2, 0) is 24.8 Å². The predicted molar refractivity (Wildman–Crippen MR) is 114 cm³/mol. The van der Waals surface area contributed by atoms with Crippen LogP contribution in [0.25, 0.3) is 0 Å². The van der Waals surface area contributed by atoms with Crippen molar-refractivity contribution in [1.29, 1.82) is 0 Å². The lowest BCUT2D eigenvalue weighted by Gasteiger charge is -2.27. The maximum absolute atomic E-state index is 13.4. The Labute approximate surface area is 186 Å². The summed E-state index contributed by atoms with van der Waals surface area (Å²) in [5.74, 6) is -3.06. The standard InChI is InChI=1S/C21H20BrN3O6/c22-14-5-8-17-16(11-14)21(30-9-1-2-10-31-21)20(28)25(17)12-18(26)23-15-6-3-13(4-7-15)19(27)24-29/h3-8,11,29H,1-2,9-10,12H2,(H,23,26)(H,24,27). The molecule has 0 aliphatic carbocycles. The molecule has 0 saturated carbocycles. The van der Waals surface area contributed by atoms with E-state index in [9.17, 15) is 14.4 Å². The topological polar surface area (TPSA) is 117 Å². The summed E-state index contributed by atoms with van der Waals surface area (Å²) in [6, 6.07) is 11.3. The minimum Gasteiger partial charge on any atom is -0.338 e. The zero-order valence-electron chi connectivity index (χ0n) is 16.4. The van der Waals surface area contributed by atoms with Gasteiger partial charge in [0.15, 0.2) is 0 Å². The first kappa shape index (κ1) is 21.4. The van der Waals surface area contributed by atoms with Gasteiger partial charge in [-0.1, -0.05) is 15.9 Å². The summed E-state index contributed by atoms with van der Waals surface area (Å²) < 4.78 is 12.6. The molecule has 2 aromatic rings. The molecule has 0 aromatic heterocycles. The molecule has 2 aliphatic rings. The van der Waals surface area contributed by atoms with Crippen molar-refractivity contribution in [1.82, 2.24) is 5.48 Å². The molecule has 4 rings (SSSR count). The number of hydroxylamine groups is 1. The Morgan fingerprint density at radius 1 is 1.10 bits per heavy atom. The number of nitrogens with one attached hydrogen (secondary N) is 2. The minimum atomic E-state index is -1.55. The average Bonchev–Trinajstić information content (AvgIpc) is 2.94. The molecule has 3 N–H and O–H groups in total. The Hall–Kier alpha value is -2.79. The van der Waals surface area contributed by atoms with Crippen molar-refractivity contribution in [2.45, 2.75) is 18.6 Å². The van der Waals surface area contributed by atoms with E-state index in [1.165, 1.54) is 29.2 Å². The van der Waals surface area contributed by atoms with Crippen molar-refractivity contribution in [3.63, 3.8) is 0 Å². The molecule has 1 fully saturated rings. The van der Waals surface area contributed by atoms with Gasteiger partial charge in [0.25, 0.3) is 17.6 Å². The summed E-state index contributed by atoms with van der Waals surface area (Å²) in [5.41, 5.74) is 3.35. The summed E-state index contributed by atoms with van der Waals surface area (Å²) in [5, 5.41) is 11.4. The van der Waals surface area contributed by atoms with Crippen LogP contribution in [0.5, 0.6) is 0 Å². The average molecular weight is 490 g/mol. The van der Waals surface area contributed by atoms with Gasteiger partial charge in [0, 0.05) is 21.3 Å². The summed E-state index contributed by atoms with van der Waals surface area (Å²) in [6.45, 7) is 0.526. The van der Waals surface area contributed by atoms with Gasteiger partial charge in [-0.05, 0) is 55.3 Å². The molecule has 10 heteroatoms. The van der Waals surface area contributed by atoms with Gasteiger partial charge in [0.2, 0.25) is 5.91 Å². The number of hydrogen-bond donors (Lipinski definition) is 3. The fourth-order valence-corrected chi connectivity index (χ4v) is 4.00. The van der Waals surface area contributed by atoms with Crippen LogP contribution in [0.1, 0.15) is 28.8 Å². The molecule has 0 unspecified atom stereocenters. The number of rotatable bonds is 4. The molecule has 1 saturated heterocycles. The van der Waals surface area contributed by atoms with Gasteiger partial charge in [-0.2, -0.15) is 0 Å². The normalized spacial score (nSPS) is 17.2. The third-order valence-electron chi connectivity index (χ3n) is 5.11. The monoisotopic (exact) mass is 489 g/mol. The largest absolute Gasteiger partial charge is 0.338 e. The second kappa shape index (κ2) is 8.75. The van der Waals surface area contributed by atoms with Gasteiger partial charge in [0.05, 0.1) is 18.9 Å². The molecule has 2 aromatic carbocycles. The van der Waals surface area contributed by atoms with Gasteiger partial charge in [-0.15, -0.1) is 0 Å². The molecule has 3 amide bonds. The van der Waals surface area contributed by atoms with Gasteiger partial charge >= 0.3 is 0 Å². The number of hydrogen-bond acceptors (Lipinski definition) is 6. The second-order valence-corrected chi connectivity index (χ2v) is 8.06. The van der Waals surface area contributed by atoms with E-state index < -0.39 is 23.5 Å². The lowest BCUT2D eigenvalue weighted by molar-refractivity contribution is -0.222. The first-order valence-corrected chi connectivity index (χ1v) is 10.5. The van der Waals surface area contributed by atoms with Crippen LogP contribution in [0.2, 0.25) is 0 Å². The molecule has 1 spiro atoms. The number of fused-ring (bicyclic) bond motifs is 2. The van der Waals surface area contributed by atoms with E-state index in [-0.39, 0.29) is 12.1 Å². The van der Waals surface area contributed by atoms with Crippen LogP contribution in [-0.4, -0.2) is 42.7 Å². The Kier molecular flexibility index (Phi) is 6.05. The highest BCUT2D eigenvalue weighted by Gasteiger charge is 2.54. The van der Waals surface area contributed by atoms with Crippen molar-refractivity contribution in [3.05, 3.63) is 58.1 Å². The molecule has 2 aliphatic heterocycles. The number of benzene rings is 2. The molecule has 31 heavy (non-hydrogen) atoms. The number of amides is 3. The highest BCUT2D eigenvalue weighted by Crippen LogP contribution is 2.45. The van der Waals surface area contributed by atoms with Crippen molar-refractivity contribution >= 4 is 45.0 Å². The van der Waals surface area contributed by atoms with Crippen molar-refractivity contribution in [2.24, 2.45) is 0 Å². The maximum Gasteiger partial charge on any atom is 0.293 e. The van der Waals surface area contributed by atoms with E-state index in [1.54, 1.807) is 23.7 Å². The Bertz CT molecular complexity index is 1020. The summed E-state index contributed by atoms with van der Waals surface area (Å²) in [6.07, 6.45) is 1.56. The highest BCUT2D eigenvalue weighted by molar-refractivity contribution is 9.10. The number of ether oxygens (including phenoxy) is 2. The third kappa shape index (κ3) is 4.07. The van der Waals surface area contributed by atoms with Crippen LogP contribution in [0.15, 0.2) is 46.9 Å². The fraction of sp³-hybridized carbons (Fsp3) is 0.286. The van der Waals surface area contributed by atoms with E-state index in [0.717, 1.165) is 17.3 Å². The first-order valence-electron chi connectivity index (χ1n) is 9.69. The Morgan fingerprint density at radius 3 is 2.42 bits per heavy atom. The fourth-order valence-electron chi connectivity index (χ4n) is 3.64. The van der Waals surface area contributed by atoms with E-state index in [2.05, 4.69) is 21.2 Å². The van der Waals surface area contributed by atoms with Gasteiger partial charge in [-0.25, -0.2) is 5.48 Å². The van der Waals surface area contributed by atoms with Crippen molar-refractivity contribution in [2.75, 3.05) is 30.0 Å². The number of nitrogens with zero attached hydrogens (tertiary/aromatic N) is 1. The van der Waals surface area contributed by atoms with Gasteiger partial charge < -0.3 is 14.8 Å². The highest BCUT2D eigenvalue weighted by atomic mass is 79.9. The molecular weight excluding hydrogens is 470 g/mol.